The fourth-order valence-electron chi connectivity index (χ4n) is 4.18. The molecular formula is C29H34N4O8. The van der Waals surface area contributed by atoms with Crippen molar-refractivity contribution in [3.63, 3.8) is 0 Å². The zero-order valence-electron chi connectivity index (χ0n) is 22.8. The van der Waals surface area contributed by atoms with Gasteiger partial charge in [0.2, 0.25) is 0 Å². The van der Waals surface area contributed by atoms with Crippen LogP contribution in [0.15, 0.2) is 81.1 Å². The largest absolute Gasteiger partial charge is 0.452 e. The molecule has 2 saturated carbocycles. The van der Waals surface area contributed by atoms with Gasteiger partial charge in [-0.25, -0.2) is 19.2 Å². The van der Waals surface area contributed by atoms with E-state index in [2.05, 4.69) is 20.5 Å². The molecule has 12 nitrogen and oxygen atoms in total. The van der Waals surface area contributed by atoms with Crippen LogP contribution in [0, 0.1) is 0 Å². The van der Waals surface area contributed by atoms with E-state index in [9.17, 15) is 19.2 Å². The van der Waals surface area contributed by atoms with Crippen LogP contribution in [-0.2, 0) is 32.2 Å². The number of nitrogens with zero attached hydrogens (tertiary/aromatic N) is 4. The number of carbonyl (C=O) groups excluding carboxylic acids is 4. The molecule has 0 N–H and O–H groups in total. The van der Waals surface area contributed by atoms with Crippen molar-refractivity contribution in [3.05, 3.63) is 71.8 Å². The fourth-order valence-corrected chi connectivity index (χ4v) is 4.18. The van der Waals surface area contributed by atoms with Crippen LogP contribution in [0.2, 0.25) is 0 Å². The molecule has 0 spiro atoms. The molecule has 4 rings (SSSR count). The van der Waals surface area contributed by atoms with Crippen LogP contribution in [-0.4, -0.2) is 36.6 Å². The Hall–Kier alpha value is -4.48. The summed E-state index contributed by atoms with van der Waals surface area (Å²) < 4.78 is 19.8. The average molecular weight is 567 g/mol. The summed E-state index contributed by atoms with van der Waals surface area (Å²) in [6.07, 6.45) is 5.07. The van der Waals surface area contributed by atoms with Crippen LogP contribution < -0.4 is 0 Å². The van der Waals surface area contributed by atoms with Crippen LogP contribution in [0.5, 0.6) is 0 Å². The number of rotatable bonds is 6. The van der Waals surface area contributed by atoms with Crippen LogP contribution in [0.3, 0.4) is 0 Å². The SMILES string of the molecule is O=C(N=NC(=O)OC1CCCC1)OCc1ccccc1.O=C(N=NC(=O)OC1CCCCC1)OCc1ccccc1. The highest BCUT2D eigenvalue weighted by Gasteiger charge is 2.19. The summed E-state index contributed by atoms with van der Waals surface area (Å²) in [5.74, 6) is 0. The van der Waals surface area contributed by atoms with Crippen molar-refractivity contribution in [1.29, 1.82) is 0 Å². The number of ether oxygens (including phenoxy) is 4. The Morgan fingerprint density at radius 1 is 0.512 bits per heavy atom. The molecule has 4 amide bonds. The first kappa shape index (κ1) is 31.1. The van der Waals surface area contributed by atoms with Crippen molar-refractivity contribution < 1.29 is 38.1 Å². The lowest BCUT2D eigenvalue weighted by atomic mass is 9.98. The van der Waals surface area contributed by atoms with Crippen LogP contribution in [0.1, 0.15) is 68.9 Å². The maximum Gasteiger partial charge on any atom is 0.452 e. The van der Waals surface area contributed by atoms with Gasteiger partial charge >= 0.3 is 24.4 Å². The Bertz CT molecular complexity index is 1160. The van der Waals surface area contributed by atoms with Gasteiger partial charge in [-0.15, -0.1) is 0 Å². The van der Waals surface area contributed by atoms with Gasteiger partial charge in [0.15, 0.2) is 0 Å². The molecule has 12 heteroatoms. The maximum atomic E-state index is 11.4. The van der Waals surface area contributed by atoms with Gasteiger partial charge in [-0.2, -0.15) is 0 Å². The fraction of sp³-hybridized carbons (Fsp3) is 0.448. The summed E-state index contributed by atoms with van der Waals surface area (Å²) in [5, 5.41) is 12.8. The second-order valence-electron chi connectivity index (χ2n) is 9.41. The van der Waals surface area contributed by atoms with Gasteiger partial charge in [0.25, 0.3) is 0 Å². The van der Waals surface area contributed by atoms with Crippen molar-refractivity contribution >= 4 is 24.4 Å². The minimum atomic E-state index is -0.905. The molecule has 0 saturated heterocycles. The molecule has 0 heterocycles. The number of hydrogen-bond donors (Lipinski definition) is 0. The normalized spacial score (nSPS) is 15.6. The molecule has 0 bridgehead atoms. The van der Waals surface area contributed by atoms with Crippen LogP contribution in [0.25, 0.3) is 0 Å². The summed E-state index contributed by atoms with van der Waals surface area (Å²) in [7, 11) is 0. The van der Waals surface area contributed by atoms with E-state index < -0.39 is 24.4 Å². The van der Waals surface area contributed by atoms with Gasteiger partial charge < -0.3 is 18.9 Å². The molecular weight excluding hydrogens is 532 g/mol. The summed E-state index contributed by atoms with van der Waals surface area (Å²) in [4.78, 5) is 45.3. The summed E-state index contributed by atoms with van der Waals surface area (Å²) in [6.45, 7) is 0.187. The molecule has 0 radical (unpaired) electrons. The van der Waals surface area contributed by atoms with E-state index in [-0.39, 0.29) is 25.4 Å². The highest BCUT2D eigenvalue weighted by molar-refractivity contribution is 5.73. The first-order valence-electron chi connectivity index (χ1n) is 13.6. The third-order valence-electron chi connectivity index (χ3n) is 6.23. The molecule has 2 fully saturated rings. The molecule has 0 unspecified atom stereocenters. The number of hydrogen-bond acceptors (Lipinski definition) is 8. The first-order chi connectivity index (χ1) is 20.0. The van der Waals surface area contributed by atoms with Crippen molar-refractivity contribution in [2.24, 2.45) is 20.5 Å². The van der Waals surface area contributed by atoms with E-state index in [4.69, 9.17) is 18.9 Å². The number of azo groups is 2. The zero-order chi connectivity index (χ0) is 29.1. The maximum absolute atomic E-state index is 11.4. The molecule has 2 aliphatic carbocycles. The van der Waals surface area contributed by atoms with Gasteiger partial charge in [-0.05, 0) is 62.5 Å². The predicted molar refractivity (Wildman–Crippen MR) is 145 cm³/mol. The lowest BCUT2D eigenvalue weighted by Gasteiger charge is -2.20. The standard InChI is InChI=1S/C15H18N2O4.C14H16N2O4/c18-14(20-11-12-7-3-1-4-8-12)16-17-15(19)21-13-9-5-2-6-10-13;17-13(19-10-11-6-2-1-3-7-11)15-16-14(18)20-12-8-4-5-9-12/h1,3-4,7-8,13H,2,5-6,9-11H2;1-3,6-7,12H,4-5,8-10H2. The lowest BCUT2D eigenvalue weighted by Crippen LogP contribution is -2.18. The number of carbonyl (C=O) groups is 4. The minimum Gasteiger partial charge on any atom is -0.444 e. The van der Waals surface area contributed by atoms with Gasteiger partial charge in [0.05, 0.1) is 0 Å². The molecule has 0 atom stereocenters. The molecule has 218 valence electrons. The highest BCUT2D eigenvalue weighted by atomic mass is 16.6. The molecule has 2 aliphatic rings. The van der Waals surface area contributed by atoms with Gasteiger partial charge in [-0.1, -0.05) is 87.5 Å². The van der Waals surface area contributed by atoms with E-state index in [0.717, 1.165) is 62.5 Å². The van der Waals surface area contributed by atoms with E-state index in [0.29, 0.717) is 0 Å². The highest BCUT2D eigenvalue weighted by Crippen LogP contribution is 2.22. The van der Waals surface area contributed by atoms with Gasteiger partial charge in [0.1, 0.15) is 25.4 Å². The quantitative estimate of drug-likeness (QED) is 0.251. The van der Waals surface area contributed by atoms with Gasteiger partial charge in [0, 0.05) is 0 Å². The van der Waals surface area contributed by atoms with Crippen molar-refractivity contribution in [2.45, 2.75) is 83.2 Å². The summed E-state index contributed by atoms with van der Waals surface area (Å²) in [5.41, 5.74) is 1.68. The van der Waals surface area contributed by atoms with E-state index in [1.54, 1.807) is 0 Å². The van der Waals surface area contributed by atoms with Crippen molar-refractivity contribution in [2.75, 3.05) is 0 Å². The molecule has 2 aromatic carbocycles. The Morgan fingerprint density at radius 2 is 0.854 bits per heavy atom. The molecule has 2 aromatic rings. The first-order valence-corrected chi connectivity index (χ1v) is 13.6. The monoisotopic (exact) mass is 566 g/mol. The van der Waals surface area contributed by atoms with Crippen molar-refractivity contribution in [3.8, 4) is 0 Å². The Balaban J connectivity index is 0.000000226. The van der Waals surface area contributed by atoms with E-state index >= 15 is 0 Å². The summed E-state index contributed by atoms with van der Waals surface area (Å²) in [6, 6.07) is 18.4. The smallest absolute Gasteiger partial charge is 0.444 e. The second-order valence-corrected chi connectivity index (χ2v) is 9.41. The lowest BCUT2D eigenvalue weighted by molar-refractivity contribution is 0.0811. The number of amides is 4. The van der Waals surface area contributed by atoms with Crippen molar-refractivity contribution in [1.82, 2.24) is 0 Å². The molecule has 0 aromatic heterocycles. The number of benzene rings is 2. The molecule has 41 heavy (non-hydrogen) atoms. The Morgan fingerprint density at radius 3 is 1.24 bits per heavy atom. The Kier molecular flexibility index (Phi) is 13.6. The third kappa shape index (κ3) is 13.4. The van der Waals surface area contributed by atoms with E-state index in [1.165, 1.54) is 6.42 Å². The minimum absolute atomic E-state index is 0.0936. The second kappa shape index (κ2) is 18.0. The van der Waals surface area contributed by atoms with Gasteiger partial charge in [-0.3, -0.25) is 0 Å². The van der Waals surface area contributed by atoms with Crippen LogP contribution in [0.4, 0.5) is 19.2 Å². The predicted octanol–water partition coefficient (Wildman–Crippen LogP) is 8.10. The molecule has 0 aliphatic heterocycles. The Labute approximate surface area is 238 Å². The topological polar surface area (TPSA) is 155 Å². The van der Waals surface area contributed by atoms with Crippen LogP contribution >= 0.6 is 0 Å². The zero-order valence-corrected chi connectivity index (χ0v) is 22.8. The average Bonchev–Trinajstić information content (AvgIpc) is 3.52. The van der Waals surface area contributed by atoms with E-state index in [1.807, 2.05) is 60.7 Å². The third-order valence-corrected chi connectivity index (χ3v) is 6.23. The summed E-state index contributed by atoms with van der Waals surface area (Å²) >= 11 is 0.